The number of nitrogens with two attached hydrogens (primary N) is 1. The molecule has 6 aromatic heterocycles. The Kier molecular flexibility index (Phi) is 13.0. The van der Waals surface area contributed by atoms with Crippen LogP contribution in [0.4, 0.5) is 23.5 Å². The van der Waals surface area contributed by atoms with E-state index in [1.165, 1.54) is 0 Å². The molecular formula is C42H51Cl2N10O4+. The van der Waals surface area contributed by atoms with E-state index in [9.17, 15) is 5.11 Å². The van der Waals surface area contributed by atoms with E-state index in [0.717, 1.165) is 65.5 Å². The first-order valence-electron chi connectivity index (χ1n) is 20.1. The summed E-state index contributed by atoms with van der Waals surface area (Å²) in [6.07, 6.45) is 8.99. The number of halogens is 2. The number of furan rings is 2. The molecule has 14 nitrogen and oxygen atoms in total. The van der Waals surface area contributed by atoms with Crippen LogP contribution < -0.4 is 26.3 Å². The lowest BCUT2D eigenvalue weighted by atomic mass is 9.99. The van der Waals surface area contributed by atoms with Crippen LogP contribution in [-0.2, 0) is 17.6 Å². The fourth-order valence-electron chi connectivity index (χ4n) is 7.56. The lowest BCUT2D eigenvalue weighted by Gasteiger charge is -2.17. The maximum absolute atomic E-state index is 10.9. The average Bonchev–Trinajstić information content (AvgIpc) is 3.91. The first-order chi connectivity index (χ1) is 28.2. The number of fused-ring (bicyclic) bond motifs is 2. The zero-order valence-electron chi connectivity index (χ0n) is 33.6. The molecule has 6 N–H and O–H groups in total. The minimum atomic E-state index is -0.198. The van der Waals surface area contributed by atoms with Crippen molar-refractivity contribution in [1.29, 1.82) is 0 Å². The molecule has 1 aliphatic rings. The highest BCUT2D eigenvalue weighted by Gasteiger charge is 2.41. The molecule has 1 aliphatic carbocycles. The molecule has 0 aromatic carbocycles. The van der Waals surface area contributed by atoms with Crippen molar-refractivity contribution >= 4 is 68.7 Å². The average molecular weight is 831 g/mol. The second kappa shape index (κ2) is 18.3. The van der Waals surface area contributed by atoms with Crippen molar-refractivity contribution in [1.82, 2.24) is 24.9 Å². The molecule has 0 fully saturated rings. The van der Waals surface area contributed by atoms with E-state index in [2.05, 4.69) is 74.2 Å². The Morgan fingerprint density at radius 3 is 2.29 bits per heavy atom. The Labute approximate surface area is 347 Å². The van der Waals surface area contributed by atoms with Crippen molar-refractivity contribution in [2.24, 2.45) is 5.92 Å². The number of nitrogen functional groups attached to an aromatic ring is 1. The summed E-state index contributed by atoms with van der Waals surface area (Å²) in [7, 11) is 0. The zero-order chi connectivity index (χ0) is 40.9. The third-order valence-corrected chi connectivity index (χ3v) is 11.1. The molecule has 7 rings (SSSR count). The molecule has 2 atom stereocenters. The van der Waals surface area contributed by atoms with Gasteiger partial charge in [-0.1, -0.05) is 56.8 Å². The Morgan fingerprint density at radius 2 is 1.59 bits per heavy atom. The molecule has 0 saturated carbocycles. The van der Waals surface area contributed by atoms with E-state index in [1.54, 1.807) is 6.20 Å². The lowest BCUT2D eigenvalue weighted by molar-refractivity contribution is -0.726. The predicted molar refractivity (Wildman–Crippen MR) is 229 cm³/mol. The number of unbranched alkanes of at least 4 members (excludes halogenated alkanes) is 2. The summed E-state index contributed by atoms with van der Waals surface area (Å²) in [5.74, 6) is 2.27. The van der Waals surface area contributed by atoms with Gasteiger partial charge in [-0.25, -0.2) is 9.97 Å². The fourth-order valence-corrected chi connectivity index (χ4v) is 8.10. The van der Waals surface area contributed by atoms with Crippen LogP contribution in [-0.4, -0.2) is 62.9 Å². The Hall–Kier alpha value is -5.02. The zero-order valence-corrected chi connectivity index (χ0v) is 35.1. The van der Waals surface area contributed by atoms with Gasteiger partial charge in [-0.2, -0.15) is 14.5 Å². The Morgan fingerprint density at radius 1 is 0.879 bits per heavy atom. The molecule has 0 aliphatic heterocycles. The first kappa shape index (κ1) is 41.2. The number of aromatic nitrogens is 6. The van der Waals surface area contributed by atoms with Gasteiger partial charge in [-0.15, -0.1) is 0 Å². The summed E-state index contributed by atoms with van der Waals surface area (Å²) in [5, 5.41) is 23.2. The van der Waals surface area contributed by atoms with E-state index in [0.29, 0.717) is 84.3 Å². The number of hydrogen-bond donors (Lipinski definition) is 5. The second-order valence-corrected chi connectivity index (χ2v) is 15.1. The molecule has 6 heterocycles. The molecule has 0 bridgehead atoms. The number of nitrogens with zero attached hydrogens (tertiary/aromatic N) is 6. The van der Waals surface area contributed by atoms with Gasteiger partial charge < -0.3 is 40.4 Å². The molecule has 0 saturated heterocycles. The predicted octanol–water partition coefficient (Wildman–Crippen LogP) is 8.78. The van der Waals surface area contributed by atoms with E-state index >= 15 is 0 Å². The van der Waals surface area contributed by atoms with Gasteiger partial charge in [0.05, 0.1) is 36.5 Å². The minimum absolute atomic E-state index is 0.0445. The van der Waals surface area contributed by atoms with E-state index in [-0.39, 0.29) is 34.7 Å². The van der Waals surface area contributed by atoms with Crippen molar-refractivity contribution in [3.8, 4) is 22.6 Å². The molecule has 2 unspecified atom stereocenters. The van der Waals surface area contributed by atoms with Crippen LogP contribution in [0.2, 0.25) is 10.3 Å². The molecule has 58 heavy (non-hydrogen) atoms. The summed E-state index contributed by atoms with van der Waals surface area (Å²) in [6.45, 7) is 12.7. The normalized spacial score (nSPS) is 15.6. The van der Waals surface area contributed by atoms with E-state index in [4.69, 9.17) is 47.5 Å². The molecule has 0 radical (unpaired) electrons. The van der Waals surface area contributed by atoms with Crippen molar-refractivity contribution in [3.05, 3.63) is 69.6 Å². The Bertz CT molecular complexity index is 2430. The second-order valence-electron chi connectivity index (χ2n) is 14.4. The third-order valence-electron chi connectivity index (χ3n) is 10.6. The maximum atomic E-state index is 10.9. The highest BCUT2D eigenvalue weighted by atomic mass is 35.5. The van der Waals surface area contributed by atoms with Crippen molar-refractivity contribution in [3.63, 3.8) is 0 Å². The SMILES string of the molecule is CCCCCNc1nc(Cl)c(-c2cc3cc(CC)ncc3o2)c(NC2=C(C)C([n+]3cc4oc(-c5c(N)nc(NCCOCC)nc5Cl)cc4cc3CC)C(CO)C2)n1. The number of aliphatic hydroxyl groups is 1. The standard InChI is InChI=1S/C42H50Cl2N10O4/c1-6-10-11-12-46-42-51-38(44)35(31-18-24-15-27(7-2)48-20-32(24)57-31)40(53-42)49-29-17-26(22-55)36(23(29)5)54-21-33-25(16-28(54)8-3)19-30(58-33)34-37(43)50-41(52-39(34)45)47-13-14-56-9-4/h15-16,18-21,26,36,55H,6-14,17,22H2,1-5H3,(H4,45,46,47,48,49,51,52,53)/p+1. The molecule has 6 aromatic rings. The highest BCUT2D eigenvalue weighted by molar-refractivity contribution is 6.33. The molecule has 0 amide bonds. The van der Waals surface area contributed by atoms with Gasteiger partial charge in [0.2, 0.25) is 18.1 Å². The monoisotopic (exact) mass is 829 g/mol. The van der Waals surface area contributed by atoms with Gasteiger partial charge in [0.25, 0.3) is 0 Å². The highest BCUT2D eigenvalue weighted by Crippen LogP contribution is 2.43. The number of aryl methyl sites for hydroxylation is 2. The minimum Gasteiger partial charge on any atom is -0.454 e. The summed E-state index contributed by atoms with van der Waals surface area (Å²) in [5.41, 5.74) is 12.6. The molecule has 16 heteroatoms. The lowest BCUT2D eigenvalue weighted by Crippen LogP contribution is -2.46. The van der Waals surface area contributed by atoms with Crippen molar-refractivity contribution < 1.29 is 23.2 Å². The quantitative estimate of drug-likeness (QED) is 0.0315. The van der Waals surface area contributed by atoms with Crippen LogP contribution in [0.3, 0.4) is 0 Å². The summed E-state index contributed by atoms with van der Waals surface area (Å²) < 4.78 is 20.3. The van der Waals surface area contributed by atoms with Crippen LogP contribution in [0.5, 0.6) is 0 Å². The van der Waals surface area contributed by atoms with Crippen LogP contribution in [0.15, 0.2) is 56.8 Å². The molecule has 0 spiro atoms. The first-order valence-corrected chi connectivity index (χ1v) is 20.8. The number of aliphatic hydroxyl groups excluding tert-OH is 1. The summed E-state index contributed by atoms with van der Waals surface area (Å²) >= 11 is 13.7. The van der Waals surface area contributed by atoms with Gasteiger partial charge in [0, 0.05) is 59.9 Å². The van der Waals surface area contributed by atoms with Gasteiger partial charge >= 0.3 is 0 Å². The Balaban J connectivity index is 1.24. The van der Waals surface area contributed by atoms with Crippen LogP contribution >= 0.6 is 23.2 Å². The van der Waals surface area contributed by atoms with Crippen molar-refractivity contribution in [2.75, 3.05) is 54.6 Å². The van der Waals surface area contributed by atoms with Crippen LogP contribution in [0, 0.1) is 5.92 Å². The number of anilines is 4. The smallest absolute Gasteiger partial charge is 0.226 e. The fraction of sp³-hybridized carbons (Fsp3) is 0.429. The van der Waals surface area contributed by atoms with Gasteiger partial charge in [-0.3, -0.25) is 4.98 Å². The van der Waals surface area contributed by atoms with E-state index < -0.39 is 0 Å². The number of pyridine rings is 2. The number of hydrogen-bond acceptors (Lipinski definition) is 13. The van der Waals surface area contributed by atoms with Crippen LogP contribution in [0.1, 0.15) is 77.7 Å². The maximum Gasteiger partial charge on any atom is 0.226 e. The summed E-state index contributed by atoms with van der Waals surface area (Å²) in [4.78, 5) is 22.9. The van der Waals surface area contributed by atoms with Gasteiger partial charge in [-0.05, 0) is 51.3 Å². The molecule has 306 valence electrons. The number of allylic oxidation sites excluding steroid dienone is 2. The van der Waals surface area contributed by atoms with Gasteiger partial charge in [0.15, 0.2) is 22.9 Å². The largest absolute Gasteiger partial charge is 0.454 e. The van der Waals surface area contributed by atoms with E-state index in [1.807, 2.05) is 31.3 Å². The third kappa shape index (κ3) is 8.56. The van der Waals surface area contributed by atoms with Crippen molar-refractivity contribution in [2.45, 2.75) is 79.2 Å². The number of ether oxygens (including phenoxy) is 1. The topological polar surface area (TPSA) is 186 Å². The molecular weight excluding hydrogens is 779 g/mol. The number of rotatable bonds is 18. The van der Waals surface area contributed by atoms with Crippen LogP contribution in [0.25, 0.3) is 44.6 Å². The number of nitrogens with one attached hydrogen (secondary N) is 3. The van der Waals surface area contributed by atoms with Gasteiger partial charge in [0.1, 0.15) is 33.5 Å². The summed E-state index contributed by atoms with van der Waals surface area (Å²) in [6, 6.07) is 7.78.